The predicted octanol–water partition coefficient (Wildman–Crippen LogP) is 11.1. The molecule has 2 aromatic carbocycles. The molecule has 1 atom stereocenters. The molecular formula is C39H63O3P. The van der Waals surface area contributed by atoms with Crippen LogP contribution in [0, 0.1) is 19.8 Å². The fraction of sp³-hybridized carbons (Fsp3) is 0.692. The van der Waals surface area contributed by atoms with Crippen LogP contribution >= 0.6 is 8.60 Å². The van der Waals surface area contributed by atoms with Crippen molar-refractivity contribution in [3.63, 3.8) is 0 Å². The van der Waals surface area contributed by atoms with E-state index in [1.165, 1.54) is 55.6 Å². The first-order valence-electron chi connectivity index (χ1n) is 16.7. The van der Waals surface area contributed by atoms with E-state index in [1.54, 1.807) is 0 Å². The molecular weight excluding hydrogens is 547 g/mol. The molecule has 3 nitrogen and oxygen atoms in total. The molecule has 43 heavy (non-hydrogen) atoms. The van der Waals surface area contributed by atoms with E-state index in [4.69, 9.17) is 4.52 Å². The van der Waals surface area contributed by atoms with Crippen molar-refractivity contribution in [3.05, 3.63) is 67.8 Å². The van der Waals surface area contributed by atoms with Crippen molar-refractivity contribution in [2.45, 2.75) is 170 Å². The van der Waals surface area contributed by atoms with Gasteiger partial charge in [-0.15, -0.1) is 0 Å². The van der Waals surface area contributed by atoms with Gasteiger partial charge in [0.1, 0.15) is 5.60 Å². The molecule has 0 amide bonds. The summed E-state index contributed by atoms with van der Waals surface area (Å²) in [6, 6.07) is 4.88. The topological polar surface area (TPSA) is 49.7 Å². The van der Waals surface area contributed by atoms with Crippen molar-refractivity contribution < 1.29 is 14.3 Å². The van der Waals surface area contributed by atoms with Crippen molar-refractivity contribution in [1.29, 1.82) is 0 Å². The molecule has 0 radical (unpaired) electrons. The van der Waals surface area contributed by atoms with Crippen molar-refractivity contribution in [1.82, 2.24) is 0 Å². The van der Waals surface area contributed by atoms with E-state index in [0.29, 0.717) is 0 Å². The highest BCUT2D eigenvalue weighted by Crippen LogP contribution is 2.60. The summed E-state index contributed by atoms with van der Waals surface area (Å²) in [5.41, 5.74) is 11.6. The summed E-state index contributed by atoms with van der Waals surface area (Å²) in [7, 11) is -2.65. The second kappa shape index (κ2) is 12.2. The standard InChI is InChI=1S/C39H63O3P/c1-17-19-20-26(18-2)39(42-43(40)41)33-27(24(3)29(35(5,6)7)22-31(33)37(11,12)13)21-28-25(4)30(36(8,9)10)23-32(34(28)39)38(14,15)16/h22-23,26,40-41H,17-21H2,1-16H3. The monoisotopic (exact) mass is 610 g/mol. The Morgan fingerprint density at radius 1 is 0.698 bits per heavy atom. The zero-order chi connectivity index (χ0) is 33.1. The molecule has 0 spiro atoms. The Kier molecular flexibility index (Phi) is 10.2. The Morgan fingerprint density at radius 3 is 1.35 bits per heavy atom. The average molecular weight is 611 g/mol. The van der Waals surface area contributed by atoms with Crippen LogP contribution in [-0.2, 0) is 38.2 Å². The first-order chi connectivity index (χ1) is 19.4. The molecule has 4 heteroatoms. The maximum atomic E-state index is 11.0. The van der Waals surface area contributed by atoms with Gasteiger partial charge >= 0.3 is 8.60 Å². The van der Waals surface area contributed by atoms with Gasteiger partial charge in [0.25, 0.3) is 0 Å². The van der Waals surface area contributed by atoms with Crippen LogP contribution in [-0.4, -0.2) is 9.79 Å². The number of rotatable bonds is 7. The summed E-state index contributed by atoms with van der Waals surface area (Å²) >= 11 is 0. The quantitative estimate of drug-likeness (QED) is 0.307. The van der Waals surface area contributed by atoms with Crippen LogP contribution in [0.5, 0.6) is 0 Å². The van der Waals surface area contributed by atoms with E-state index in [0.717, 1.165) is 32.1 Å². The zero-order valence-corrected chi connectivity index (χ0v) is 31.4. The van der Waals surface area contributed by atoms with Crippen LogP contribution in [0.1, 0.15) is 178 Å². The van der Waals surface area contributed by atoms with Crippen molar-refractivity contribution in [2.75, 3.05) is 0 Å². The van der Waals surface area contributed by atoms with Gasteiger partial charge < -0.3 is 9.79 Å². The Labute approximate surface area is 266 Å². The molecule has 1 aliphatic carbocycles. The lowest BCUT2D eigenvalue weighted by Crippen LogP contribution is -2.47. The third-order valence-electron chi connectivity index (χ3n) is 9.96. The van der Waals surface area contributed by atoms with E-state index >= 15 is 0 Å². The van der Waals surface area contributed by atoms with Gasteiger partial charge in [-0.25, -0.2) is 0 Å². The summed E-state index contributed by atoms with van der Waals surface area (Å²) in [6.45, 7) is 36.8. The van der Waals surface area contributed by atoms with E-state index in [2.05, 4.69) is 123 Å². The van der Waals surface area contributed by atoms with Gasteiger partial charge in [0, 0.05) is 0 Å². The first-order valence-corrected chi connectivity index (χ1v) is 17.8. The highest BCUT2D eigenvalue weighted by molar-refractivity contribution is 7.39. The third kappa shape index (κ3) is 6.67. The normalized spacial score (nSPS) is 16.3. The summed E-state index contributed by atoms with van der Waals surface area (Å²) in [4.78, 5) is 22.0. The fourth-order valence-electron chi connectivity index (χ4n) is 7.86. The van der Waals surface area contributed by atoms with E-state index in [1.807, 2.05) is 0 Å². The molecule has 2 N–H and O–H groups in total. The molecule has 0 aromatic heterocycles. The van der Waals surface area contributed by atoms with E-state index < -0.39 is 14.2 Å². The van der Waals surface area contributed by atoms with Gasteiger partial charge in [-0.05, 0) is 116 Å². The third-order valence-corrected chi connectivity index (χ3v) is 10.4. The van der Waals surface area contributed by atoms with Crippen LogP contribution in [0.3, 0.4) is 0 Å². The Morgan fingerprint density at radius 2 is 1.07 bits per heavy atom. The summed E-state index contributed by atoms with van der Waals surface area (Å²) < 4.78 is 6.89. The van der Waals surface area contributed by atoms with Crippen LogP contribution in [0.2, 0.25) is 0 Å². The number of unbranched alkanes of at least 4 members (excludes halogenated alkanes) is 1. The summed E-state index contributed by atoms with van der Waals surface area (Å²) in [6.07, 6.45) is 4.82. The largest absolute Gasteiger partial charge is 0.328 e. The zero-order valence-electron chi connectivity index (χ0n) is 30.5. The highest BCUT2D eigenvalue weighted by Gasteiger charge is 2.54. The minimum absolute atomic E-state index is 0.0330. The molecule has 1 aliphatic rings. The van der Waals surface area contributed by atoms with Crippen molar-refractivity contribution in [2.24, 2.45) is 5.92 Å². The van der Waals surface area contributed by atoms with Gasteiger partial charge in [0.2, 0.25) is 0 Å². The Hall–Kier alpha value is -1.25. The summed E-state index contributed by atoms with van der Waals surface area (Å²) in [5, 5.41) is 0. The van der Waals surface area contributed by atoms with Crippen LogP contribution < -0.4 is 0 Å². The molecule has 0 aliphatic heterocycles. The lowest BCUT2D eigenvalue weighted by atomic mass is 9.57. The van der Waals surface area contributed by atoms with Gasteiger partial charge in [-0.2, -0.15) is 0 Å². The molecule has 0 heterocycles. The number of benzene rings is 2. The second-order valence-electron chi connectivity index (χ2n) is 17.4. The van der Waals surface area contributed by atoms with Gasteiger partial charge in [0.05, 0.1) is 0 Å². The van der Waals surface area contributed by atoms with Crippen LogP contribution in [0.25, 0.3) is 0 Å². The van der Waals surface area contributed by atoms with Crippen LogP contribution in [0.4, 0.5) is 0 Å². The average Bonchev–Trinajstić information content (AvgIpc) is 2.82. The lowest BCUT2D eigenvalue weighted by molar-refractivity contribution is 0.0174. The second-order valence-corrected chi connectivity index (χ2v) is 18.1. The Bertz CT molecular complexity index is 1240. The van der Waals surface area contributed by atoms with Crippen LogP contribution in [0.15, 0.2) is 12.1 Å². The maximum Gasteiger partial charge on any atom is 0.328 e. The van der Waals surface area contributed by atoms with Crippen molar-refractivity contribution in [3.8, 4) is 0 Å². The lowest BCUT2D eigenvalue weighted by Gasteiger charge is -2.51. The SMILES string of the molecule is CCCCC(CC)C1(OP(O)O)c2c(C(C)(C)C)cc(C(C)(C)C)c(C)c2Cc2c(C)c(C(C)(C)C)cc(C(C)(C)C)c21. The maximum absolute atomic E-state index is 11.0. The Balaban J connectivity index is 2.81. The predicted molar refractivity (Wildman–Crippen MR) is 186 cm³/mol. The van der Waals surface area contributed by atoms with E-state index in [9.17, 15) is 9.79 Å². The molecule has 1 unspecified atom stereocenters. The van der Waals surface area contributed by atoms with E-state index in [-0.39, 0.29) is 27.6 Å². The molecule has 2 aromatic rings. The minimum Gasteiger partial charge on any atom is -0.328 e. The van der Waals surface area contributed by atoms with Gasteiger partial charge in [-0.1, -0.05) is 122 Å². The summed E-state index contributed by atoms with van der Waals surface area (Å²) in [5.74, 6) is 0.0801. The smallest absolute Gasteiger partial charge is 0.328 e. The van der Waals surface area contributed by atoms with Crippen molar-refractivity contribution >= 4 is 8.60 Å². The number of fused-ring (bicyclic) bond motifs is 2. The first kappa shape index (κ1) is 36.2. The minimum atomic E-state index is -2.65. The molecule has 0 fully saturated rings. The van der Waals surface area contributed by atoms with Gasteiger partial charge in [-0.3, -0.25) is 4.52 Å². The molecule has 0 bridgehead atoms. The highest BCUT2D eigenvalue weighted by atomic mass is 31.2. The van der Waals surface area contributed by atoms with Gasteiger partial charge in [0.15, 0.2) is 0 Å². The molecule has 0 saturated carbocycles. The molecule has 0 saturated heterocycles. The molecule has 3 rings (SSSR count). The fourth-order valence-corrected chi connectivity index (χ4v) is 8.45. The number of hydrogen-bond acceptors (Lipinski definition) is 3. The molecule has 242 valence electrons. The number of hydrogen-bond donors (Lipinski definition) is 2.